The van der Waals surface area contributed by atoms with Gasteiger partial charge in [0.15, 0.2) is 0 Å². The summed E-state index contributed by atoms with van der Waals surface area (Å²) in [6.45, 7) is 2.55. The van der Waals surface area contributed by atoms with Crippen LogP contribution in [0, 0.1) is 18.7 Å². The number of Topliss-reactive ketones (excluding diaryl/α,β-unsaturated/α-hetero) is 1. The third kappa shape index (κ3) is 2.74. The molecule has 3 aliphatic rings. The molecule has 7 heteroatoms. The zero-order chi connectivity index (χ0) is 20.4. The fourth-order valence-corrected chi connectivity index (χ4v) is 6.99. The molecule has 2 aromatic carbocycles. The van der Waals surface area contributed by atoms with Gasteiger partial charge in [-0.15, -0.1) is 0 Å². The normalized spacial score (nSPS) is 29.0. The number of anilines is 1. The maximum absolute atomic E-state index is 14.1. The van der Waals surface area contributed by atoms with Crippen LogP contribution in [0.5, 0.6) is 0 Å². The molecule has 1 N–H and O–H groups in total. The smallest absolute Gasteiger partial charge is 0.243 e. The van der Waals surface area contributed by atoms with Crippen LogP contribution in [0.2, 0.25) is 0 Å². The summed E-state index contributed by atoms with van der Waals surface area (Å²) < 4.78 is 42.0. The summed E-state index contributed by atoms with van der Waals surface area (Å²) in [6.07, 6.45) is 1.30. The molecule has 5 rings (SSSR count). The third-order valence-electron chi connectivity index (χ3n) is 6.93. The Morgan fingerprint density at radius 2 is 1.90 bits per heavy atom. The number of rotatable bonds is 2. The number of sulfonamides is 1. The number of carbonyl (C=O) groups excluding carboxylic acids is 1. The maximum Gasteiger partial charge on any atom is 0.243 e. The van der Waals surface area contributed by atoms with Crippen molar-refractivity contribution in [1.29, 1.82) is 0 Å². The number of fused-ring (bicyclic) bond motifs is 1. The third-order valence-corrected chi connectivity index (χ3v) is 8.81. The first-order valence-electron chi connectivity index (χ1n) is 9.96. The highest BCUT2D eigenvalue weighted by Crippen LogP contribution is 2.55. The number of ketones is 1. The summed E-state index contributed by atoms with van der Waals surface area (Å²) in [7, 11) is -3.64. The highest BCUT2D eigenvalue weighted by Gasteiger charge is 2.58. The Morgan fingerprint density at radius 3 is 2.66 bits per heavy atom. The standard InChI is InChI=1S/C22H23FN2O3S/c1-14-2-5-18(6-3-14)29(27,28)25-9-8-22-15(13-25)10-17(26)12-21(22)24-20-7-4-16(23)11-19(20)22/h2-7,11,15,21,24H,8-10,12-13H2,1H3/t15-,21+,22+/m0/s1. The van der Waals surface area contributed by atoms with Gasteiger partial charge in [-0.25, -0.2) is 12.8 Å². The second-order valence-electron chi connectivity index (χ2n) is 8.50. The van der Waals surface area contributed by atoms with Gasteiger partial charge in [-0.3, -0.25) is 4.79 Å². The van der Waals surface area contributed by atoms with Gasteiger partial charge in [0.05, 0.1) is 4.90 Å². The van der Waals surface area contributed by atoms with Crippen LogP contribution in [-0.2, 0) is 20.2 Å². The van der Waals surface area contributed by atoms with Crippen molar-refractivity contribution in [3.05, 3.63) is 59.4 Å². The van der Waals surface area contributed by atoms with Crippen LogP contribution in [0.4, 0.5) is 10.1 Å². The van der Waals surface area contributed by atoms with E-state index < -0.39 is 15.4 Å². The number of piperidine rings is 1. The molecular weight excluding hydrogens is 391 g/mol. The first-order valence-corrected chi connectivity index (χ1v) is 11.4. The Bertz CT molecular complexity index is 1100. The van der Waals surface area contributed by atoms with E-state index in [4.69, 9.17) is 0 Å². The summed E-state index contributed by atoms with van der Waals surface area (Å²) in [5.41, 5.74) is 2.36. The van der Waals surface area contributed by atoms with Gasteiger partial charge < -0.3 is 5.32 Å². The van der Waals surface area contributed by atoms with Gasteiger partial charge in [-0.1, -0.05) is 17.7 Å². The van der Waals surface area contributed by atoms with Gasteiger partial charge in [0.2, 0.25) is 10.0 Å². The molecule has 1 aliphatic carbocycles. The van der Waals surface area contributed by atoms with E-state index in [0.29, 0.717) is 25.8 Å². The quantitative estimate of drug-likeness (QED) is 0.819. The second-order valence-corrected chi connectivity index (χ2v) is 10.4. The Kier molecular flexibility index (Phi) is 4.12. The molecule has 2 heterocycles. The van der Waals surface area contributed by atoms with E-state index in [9.17, 15) is 17.6 Å². The lowest BCUT2D eigenvalue weighted by Gasteiger charge is -2.51. The van der Waals surface area contributed by atoms with E-state index in [1.165, 1.54) is 10.4 Å². The molecule has 1 saturated heterocycles. The van der Waals surface area contributed by atoms with Crippen LogP contribution in [0.3, 0.4) is 0 Å². The minimum Gasteiger partial charge on any atom is -0.381 e. The average molecular weight is 415 g/mol. The highest BCUT2D eigenvalue weighted by atomic mass is 32.2. The topological polar surface area (TPSA) is 66.5 Å². The highest BCUT2D eigenvalue weighted by molar-refractivity contribution is 7.89. The molecule has 152 valence electrons. The predicted octanol–water partition coefficient (Wildman–Crippen LogP) is 3.24. The predicted molar refractivity (Wildman–Crippen MR) is 108 cm³/mol. The SMILES string of the molecule is Cc1ccc(S(=O)(=O)N2CC[C@@]34c5cc(F)ccc5N[C@@H]3CC(=O)C[C@H]4C2)cc1. The van der Waals surface area contributed by atoms with Crippen molar-refractivity contribution in [3.63, 3.8) is 0 Å². The number of benzene rings is 2. The minimum atomic E-state index is -3.64. The molecule has 2 fully saturated rings. The van der Waals surface area contributed by atoms with Crippen LogP contribution < -0.4 is 5.32 Å². The van der Waals surface area contributed by atoms with Gasteiger partial charge >= 0.3 is 0 Å². The van der Waals surface area contributed by atoms with Crippen molar-refractivity contribution in [1.82, 2.24) is 4.31 Å². The van der Waals surface area contributed by atoms with Crippen molar-refractivity contribution < 1.29 is 17.6 Å². The molecule has 0 amide bonds. The molecule has 3 atom stereocenters. The number of aryl methyl sites for hydroxylation is 1. The van der Waals surface area contributed by atoms with Gasteiger partial charge in [-0.05, 0) is 55.2 Å². The Balaban J connectivity index is 1.53. The second kappa shape index (κ2) is 6.37. The summed E-state index contributed by atoms with van der Waals surface area (Å²) in [6, 6.07) is 11.5. The largest absolute Gasteiger partial charge is 0.381 e. The summed E-state index contributed by atoms with van der Waals surface area (Å²) in [5.74, 6) is -0.338. The van der Waals surface area contributed by atoms with Crippen molar-refractivity contribution in [2.45, 2.75) is 42.5 Å². The van der Waals surface area contributed by atoms with Crippen molar-refractivity contribution in [2.75, 3.05) is 18.4 Å². The lowest BCUT2D eigenvalue weighted by atomic mass is 9.58. The van der Waals surface area contributed by atoms with Crippen molar-refractivity contribution in [2.24, 2.45) is 5.92 Å². The zero-order valence-electron chi connectivity index (χ0n) is 16.2. The lowest BCUT2D eigenvalue weighted by molar-refractivity contribution is -0.124. The van der Waals surface area contributed by atoms with Crippen molar-refractivity contribution >= 4 is 21.5 Å². The van der Waals surface area contributed by atoms with Gasteiger partial charge in [0.1, 0.15) is 11.6 Å². The van der Waals surface area contributed by atoms with Gasteiger partial charge in [-0.2, -0.15) is 4.31 Å². The molecule has 5 nitrogen and oxygen atoms in total. The molecule has 0 radical (unpaired) electrons. The summed E-state index contributed by atoms with van der Waals surface area (Å²) in [5, 5.41) is 3.42. The number of hydrogen-bond acceptors (Lipinski definition) is 4. The van der Waals surface area contributed by atoms with Crippen LogP contribution in [0.25, 0.3) is 0 Å². The van der Waals surface area contributed by atoms with Crippen molar-refractivity contribution in [3.8, 4) is 0 Å². The number of nitrogens with one attached hydrogen (secondary N) is 1. The van der Waals surface area contributed by atoms with Crippen LogP contribution in [-0.4, -0.2) is 37.6 Å². The Hall–Kier alpha value is -2.25. The van der Waals surface area contributed by atoms with Gasteiger partial charge in [0.25, 0.3) is 0 Å². The van der Waals surface area contributed by atoms with E-state index in [0.717, 1.165) is 16.8 Å². The van der Waals surface area contributed by atoms with Crippen LogP contribution >= 0.6 is 0 Å². The zero-order valence-corrected chi connectivity index (χ0v) is 17.0. The monoisotopic (exact) mass is 414 g/mol. The molecule has 2 aliphatic heterocycles. The lowest BCUT2D eigenvalue weighted by Crippen LogP contribution is -2.59. The number of halogens is 1. The molecule has 1 saturated carbocycles. The molecule has 29 heavy (non-hydrogen) atoms. The number of hydrogen-bond donors (Lipinski definition) is 1. The molecule has 2 aromatic rings. The number of carbonyl (C=O) groups is 1. The fraction of sp³-hybridized carbons (Fsp3) is 0.409. The molecule has 0 bridgehead atoms. The molecular formula is C22H23FN2O3S. The minimum absolute atomic E-state index is 0.102. The summed E-state index contributed by atoms with van der Waals surface area (Å²) >= 11 is 0. The van der Waals surface area contributed by atoms with Crippen LogP contribution in [0.15, 0.2) is 47.4 Å². The van der Waals surface area contributed by atoms with E-state index in [1.807, 2.05) is 6.92 Å². The summed E-state index contributed by atoms with van der Waals surface area (Å²) in [4.78, 5) is 12.7. The molecule has 0 aromatic heterocycles. The molecule has 1 spiro atoms. The van der Waals surface area contributed by atoms with Gasteiger partial charge in [0, 0.05) is 43.1 Å². The Morgan fingerprint density at radius 1 is 1.14 bits per heavy atom. The Labute approximate surface area is 170 Å². The van der Waals surface area contributed by atoms with E-state index in [1.54, 1.807) is 36.4 Å². The first kappa shape index (κ1) is 18.8. The van der Waals surface area contributed by atoms with E-state index in [2.05, 4.69) is 5.32 Å². The first-order chi connectivity index (χ1) is 13.8. The van der Waals surface area contributed by atoms with E-state index >= 15 is 0 Å². The van der Waals surface area contributed by atoms with E-state index in [-0.39, 0.29) is 35.0 Å². The fourth-order valence-electron chi connectivity index (χ4n) is 5.50. The van der Waals surface area contributed by atoms with Crippen LogP contribution in [0.1, 0.15) is 30.4 Å². The molecule has 0 unspecified atom stereocenters. The maximum atomic E-state index is 14.1. The number of nitrogens with zero attached hydrogens (tertiary/aromatic N) is 1. The average Bonchev–Trinajstić information content (AvgIpc) is 2.99.